The topological polar surface area (TPSA) is 61.4 Å². The van der Waals surface area contributed by atoms with E-state index in [1.54, 1.807) is 34.7 Å². The summed E-state index contributed by atoms with van der Waals surface area (Å²) < 4.78 is 14.0. The van der Waals surface area contributed by atoms with Gasteiger partial charge in [0.2, 0.25) is 0 Å². The number of piperazine rings is 1. The summed E-state index contributed by atoms with van der Waals surface area (Å²) in [6.45, 7) is 3.11. The van der Waals surface area contributed by atoms with Crippen molar-refractivity contribution in [2.75, 3.05) is 31.1 Å². The fraction of sp³-hybridized carbons (Fsp3) is 0.278. The minimum atomic E-state index is -0.277. The second-order valence-electron chi connectivity index (χ2n) is 6.09. The number of thiophene rings is 1. The van der Waals surface area contributed by atoms with Crippen LogP contribution in [0.4, 0.5) is 15.0 Å². The van der Waals surface area contributed by atoms with Crippen LogP contribution in [-0.2, 0) is 6.54 Å². The molecule has 1 fully saturated rings. The van der Waals surface area contributed by atoms with Crippen molar-refractivity contribution in [3.05, 3.63) is 53.4 Å². The van der Waals surface area contributed by atoms with Crippen molar-refractivity contribution in [3.63, 3.8) is 0 Å². The molecule has 1 aromatic carbocycles. The third kappa shape index (κ3) is 3.45. The van der Waals surface area contributed by atoms with Crippen molar-refractivity contribution < 1.29 is 9.18 Å². The molecule has 2 aromatic heterocycles. The summed E-state index contributed by atoms with van der Waals surface area (Å²) in [5, 5.41) is 4.91. The number of nitrogens with zero attached hydrogens (tertiary/aromatic N) is 4. The molecule has 8 heteroatoms. The summed E-state index contributed by atoms with van der Waals surface area (Å²) in [4.78, 5) is 25.1. The van der Waals surface area contributed by atoms with E-state index in [0.29, 0.717) is 19.6 Å². The number of benzene rings is 1. The highest BCUT2D eigenvalue weighted by molar-refractivity contribution is 7.17. The largest absolute Gasteiger partial charge is 0.352 e. The third-order valence-electron chi connectivity index (χ3n) is 4.45. The lowest BCUT2D eigenvalue weighted by Gasteiger charge is -2.35. The van der Waals surface area contributed by atoms with Gasteiger partial charge in [-0.2, -0.15) is 0 Å². The van der Waals surface area contributed by atoms with Gasteiger partial charge in [0.1, 0.15) is 18.0 Å². The van der Waals surface area contributed by atoms with Crippen molar-refractivity contribution >= 4 is 33.4 Å². The molecule has 3 aromatic rings. The third-order valence-corrected chi connectivity index (χ3v) is 5.35. The van der Waals surface area contributed by atoms with E-state index in [9.17, 15) is 9.18 Å². The second kappa shape index (κ2) is 7.25. The van der Waals surface area contributed by atoms with Crippen molar-refractivity contribution in [2.24, 2.45) is 0 Å². The number of fused-ring (bicyclic) bond motifs is 1. The summed E-state index contributed by atoms with van der Waals surface area (Å²) in [5.74, 6) is 0.664. The van der Waals surface area contributed by atoms with Crippen LogP contribution >= 0.6 is 11.3 Å². The molecule has 0 saturated carbocycles. The molecule has 3 heterocycles. The molecule has 0 bridgehead atoms. The zero-order valence-electron chi connectivity index (χ0n) is 14.1. The van der Waals surface area contributed by atoms with Crippen LogP contribution in [0.3, 0.4) is 0 Å². The number of amides is 2. The summed E-state index contributed by atoms with van der Waals surface area (Å²) in [6.07, 6.45) is 1.59. The maximum Gasteiger partial charge on any atom is 0.317 e. The van der Waals surface area contributed by atoms with Crippen LogP contribution in [0.1, 0.15) is 5.56 Å². The van der Waals surface area contributed by atoms with Gasteiger partial charge < -0.3 is 15.1 Å². The summed E-state index contributed by atoms with van der Waals surface area (Å²) >= 11 is 1.64. The lowest BCUT2D eigenvalue weighted by atomic mass is 10.2. The maximum atomic E-state index is 12.9. The van der Waals surface area contributed by atoms with Gasteiger partial charge in [-0.15, -0.1) is 11.3 Å². The normalized spacial score (nSPS) is 14.7. The number of anilines is 1. The number of rotatable bonds is 3. The predicted octanol–water partition coefficient (Wildman–Crippen LogP) is 2.86. The minimum Gasteiger partial charge on any atom is -0.352 e. The average Bonchev–Trinajstić information content (AvgIpc) is 3.16. The zero-order chi connectivity index (χ0) is 17.9. The smallest absolute Gasteiger partial charge is 0.317 e. The number of nitrogens with one attached hydrogen (secondary N) is 1. The molecule has 4 rings (SSSR count). The molecule has 1 N–H and O–H groups in total. The Balaban J connectivity index is 1.33. The van der Waals surface area contributed by atoms with E-state index < -0.39 is 0 Å². The van der Waals surface area contributed by atoms with Crippen LogP contribution in [0.2, 0.25) is 0 Å². The molecule has 134 valence electrons. The van der Waals surface area contributed by atoms with Gasteiger partial charge in [0, 0.05) is 32.7 Å². The zero-order valence-corrected chi connectivity index (χ0v) is 14.9. The molecule has 0 spiro atoms. The molecule has 0 radical (unpaired) electrons. The lowest BCUT2D eigenvalue weighted by molar-refractivity contribution is 0.194. The standard InChI is InChI=1S/C18H18FN5OS/c19-14-3-1-13(2-4-14)11-20-18(25)24-8-6-23(7-9-24)17-16-15(5-10-26-16)21-12-22-17/h1-5,10,12H,6-9,11H2,(H,20,25). The Morgan fingerprint density at radius 3 is 2.65 bits per heavy atom. The molecular weight excluding hydrogens is 353 g/mol. The van der Waals surface area contributed by atoms with Gasteiger partial charge in [-0.1, -0.05) is 12.1 Å². The number of carbonyl (C=O) groups is 1. The Labute approximate surface area is 154 Å². The van der Waals surface area contributed by atoms with E-state index in [-0.39, 0.29) is 11.8 Å². The highest BCUT2D eigenvalue weighted by Gasteiger charge is 2.23. The van der Waals surface area contributed by atoms with E-state index >= 15 is 0 Å². The van der Waals surface area contributed by atoms with E-state index in [1.165, 1.54) is 12.1 Å². The van der Waals surface area contributed by atoms with Gasteiger partial charge in [0.15, 0.2) is 0 Å². The molecule has 26 heavy (non-hydrogen) atoms. The van der Waals surface area contributed by atoms with Crippen LogP contribution in [0.5, 0.6) is 0 Å². The van der Waals surface area contributed by atoms with E-state index in [1.807, 2.05) is 11.4 Å². The van der Waals surface area contributed by atoms with Crippen LogP contribution in [0, 0.1) is 5.82 Å². The van der Waals surface area contributed by atoms with Crippen LogP contribution < -0.4 is 10.2 Å². The van der Waals surface area contributed by atoms with Gasteiger partial charge in [0.05, 0.1) is 10.2 Å². The Morgan fingerprint density at radius 2 is 1.88 bits per heavy atom. The van der Waals surface area contributed by atoms with E-state index in [2.05, 4.69) is 20.2 Å². The lowest BCUT2D eigenvalue weighted by Crippen LogP contribution is -2.51. The molecule has 0 unspecified atom stereocenters. The Kier molecular flexibility index (Phi) is 4.66. The first-order valence-electron chi connectivity index (χ1n) is 8.41. The quantitative estimate of drug-likeness (QED) is 0.769. The van der Waals surface area contributed by atoms with Gasteiger partial charge >= 0.3 is 6.03 Å². The molecule has 6 nitrogen and oxygen atoms in total. The van der Waals surface area contributed by atoms with Gasteiger partial charge in [-0.25, -0.2) is 19.2 Å². The molecule has 0 atom stereocenters. The minimum absolute atomic E-state index is 0.0991. The summed E-state index contributed by atoms with van der Waals surface area (Å²) in [5.41, 5.74) is 1.83. The SMILES string of the molecule is O=C(NCc1ccc(F)cc1)N1CCN(c2ncnc3ccsc23)CC1. The maximum absolute atomic E-state index is 12.9. The molecule has 1 aliphatic rings. The molecular formula is C18H18FN5OS. The first-order valence-corrected chi connectivity index (χ1v) is 9.29. The van der Waals surface area contributed by atoms with Crippen molar-refractivity contribution in [1.29, 1.82) is 0 Å². The number of halogens is 1. The van der Waals surface area contributed by atoms with Crippen LogP contribution in [0.25, 0.3) is 10.2 Å². The summed E-state index contributed by atoms with van der Waals surface area (Å²) in [6, 6.07) is 8.03. The number of carbonyl (C=O) groups excluding carboxylic acids is 1. The fourth-order valence-electron chi connectivity index (χ4n) is 3.01. The summed E-state index contributed by atoms with van der Waals surface area (Å²) in [7, 11) is 0. The predicted molar refractivity (Wildman–Crippen MR) is 99.8 cm³/mol. The Bertz CT molecular complexity index is 905. The van der Waals surface area contributed by atoms with Gasteiger partial charge in [0.25, 0.3) is 0 Å². The number of hydrogen-bond donors (Lipinski definition) is 1. The van der Waals surface area contributed by atoms with Crippen molar-refractivity contribution in [3.8, 4) is 0 Å². The number of aromatic nitrogens is 2. The van der Waals surface area contributed by atoms with Gasteiger partial charge in [-0.3, -0.25) is 0 Å². The van der Waals surface area contributed by atoms with Crippen LogP contribution in [-0.4, -0.2) is 47.1 Å². The number of hydrogen-bond acceptors (Lipinski definition) is 5. The number of urea groups is 1. The van der Waals surface area contributed by atoms with Crippen molar-refractivity contribution in [2.45, 2.75) is 6.54 Å². The Hall–Kier alpha value is -2.74. The average molecular weight is 371 g/mol. The second-order valence-corrected chi connectivity index (χ2v) is 7.01. The first-order chi connectivity index (χ1) is 12.7. The molecule has 1 aliphatic heterocycles. The molecule has 1 saturated heterocycles. The molecule has 2 amide bonds. The highest BCUT2D eigenvalue weighted by atomic mass is 32.1. The van der Waals surface area contributed by atoms with E-state index in [0.717, 1.165) is 34.7 Å². The monoisotopic (exact) mass is 371 g/mol. The van der Waals surface area contributed by atoms with E-state index in [4.69, 9.17) is 0 Å². The Morgan fingerprint density at radius 1 is 1.12 bits per heavy atom. The fourth-order valence-corrected chi connectivity index (χ4v) is 3.88. The van der Waals surface area contributed by atoms with Crippen molar-refractivity contribution in [1.82, 2.24) is 20.2 Å². The first kappa shape index (κ1) is 16.7. The highest BCUT2D eigenvalue weighted by Crippen LogP contribution is 2.28. The van der Waals surface area contributed by atoms with Crippen LogP contribution in [0.15, 0.2) is 42.0 Å². The molecule has 0 aliphatic carbocycles. The van der Waals surface area contributed by atoms with Gasteiger partial charge in [-0.05, 0) is 29.1 Å².